The highest BCUT2D eigenvalue weighted by molar-refractivity contribution is 5.91. The van der Waals surface area contributed by atoms with Gasteiger partial charge < -0.3 is 10.2 Å². The fourth-order valence-electron chi connectivity index (χ4n) is 2.24. The molecule has 0 aliphatic heterocycles. The number of aryl methyl sites for hydroxylation is 1. The molecule has 0 fully saturated rings. The molecule has 0 aliphatic carbocycles. The van der Waals surface area contributed by atoms with Crippen molar-refractivity contribution in [1.82, 2.24) is 9.88 Å². The van der Waals surface area contributed by atoms with Crippen molar-refractivity contribution in [3.8, 4) is 0 Å². The molecule has 2 amide bonds. The number of pyridine rings is 1. The number of nitrogens with one attached hydrogen (secondary N) is 1. The summed E-state index contributed by atoms with van der Waals surface area (Å²) < 4.78 is 0. The van der Waals surface area contributed by atoms with Crippen LogP contribution >= 0.6 is 0 Å². The van der Waals surface area contributed by atoms with Gasteiger partial charge in [-0.2, -0.15) is 0 Å². The highest BCUT2D eigenvalue weighted by Gasteiger charge is 2.12. The van der Waals surface area contributed by atoms with Gasteiger partial charge in [0, 0.05) is 44.5 Å². The molecule has 1 aromatic heterocycles. The summed E-state index contributed by atoms with van der Waals surface area (Å²) in [6, 6.07) is 11.4. The minimum absolute atomic E-state index is 0.0581. The number of hydrogen-bond donors (Lipinski definition) is 1. The highest BCUT2D eigenvalue weighted by Crippen LogP contribution is 2.10. The topological polar surface area (TPSA) is 62.3 Å². The molecule has 1 aromatic carbocycles. The summed E-state index contributed by atoms with van der Waals surface area (Å²) in [5.74, 6) is -0.162. The smallest absolute Gasteiger partial charge is 0.226 e. The maximum Gasteiger partial charge on any atom is 0.226 e. The van der Waals surface area contributed by atoms with Crippen LogP contribution in [-0.2, 0) is 16.1 Å². The van der Waals surface area contributed by atoms with E-state index in [1.807, 2.05) is 43.3 Å². The van der Waals surface area contributed by atoms with E-state index in [-0.39, 0.29) is 18.2 Å². The van der Waals surface area contributed by atoms with Gasteiger partial charge in [-0.05, 0) is 36.2 Å². The van der Waals surface area contributed by atoms with Crippen molar-refractivity contribution in [2.75, 3.05) is 11.9 Å². The second-order valence-corrected chi connectivity index (χ2v) is 5.47. The first-order valence-corrected chi connectivity index (χ1v) is 7.55. The lowest BCUT2D eigenvalue weighted by atomic mass is 10.2. The van der Waals surface area contributed by atoms with Crippen molar-refractivity contribution in [1.29, 1.82) is 0 Å². The van der Waals surface area contributed by atoms with Gasteiger partial charge in [-0.1, -0.05) is 18.2 Å². The van der Waals surface area contributed by atoms with Crippen LogP contribution < -0.4 is 5.32 Å². The predicted molar refractivity (Wildman–Crippen MR) is 89.8 cm³/mol. The number of aromatic nitrogens is 1. The Balaban J connectivity index is 1.88. The van der Waals surface area contributed by atoms with Crippen LogP contribution in [0.5, 0.6) is 0 Å². The number of nitrogens with zero attached hydrogens (tertiary/aromatic N) is 2. The van der Waals surface area contributed by atoms with E-state index < -0.39 is 0 Å². The van der Waals surface area contributed by atoms with E-state index in [1.54, 1.807) is 17.3 Å². The first kappa shape index (κ1) is 16.7. The summed E-state index contributed by atoms with van der Waals surface area (Å²) in [5.41, 5.74) is 2.81. The van der Waals surface area contributed by atoms with Gasteiger partial charge in [0.25, 0.3) is 0 Å². The van der Waals surface area contributed by atoms with Gasteiger partial charge in [-0.25, -0.2) is 0 Å². The van der Waals surface area contributed by atoms with E-state index in [0.717, 1.165) is 16.8 Å². The van der Waals surface area contributed by atoms with Crippen LogP contribution in [-0.4, -0.2) is 28.2 Å². The Bertz CT molecular complexity index is 671. The second-order valence-electron chi connectivity index (χ2n) is 5.47. The number of carbonyl (C=O) groups excluding carboxylic acids is 2. The molecule has 2 aromatic rings. The number of hydrogen-bond acceptors (Lipinski definition) is 3. The first-order valence-electron chi connectivity index (χ1n) is 7.55. The van der Waals surface area contributed by atoms with Crippen molar-refractivity contribution in [3.05, 3.63) is 59.9 Å². The summed E-state index contributed by atoms with van der Waals surface area (Å²) in [6.45, 7) is 4.32. The lowest BCUT2D eigenvalue weighted by Crippen LogP contribution is -2.31. The minimum Gasteiger partial charge on any atom is -0.338 e. The van der Waals surface area contributed by atoms with Crippen LogP contribution in [0.3, 0.4) is 0 Å². The van der Waals surface area contributed by atoms with Gasteiger partial charge in [0.15, 0.2) is 0 Å². The van der Waals surface area contributed by atoms with Crippen molar-refractivity contribution in [2.24, 2.45) is 0 Å². The van der Waals surface area contributed by atoms with Crippen LogP contribution in [0.4, 0.5) is 5.69 Å². The summed E-state index contributed by atoms with van der Waals surface area (Å²) in [7, 11) is 0. The molecule has 0 unspecified atom stereocenters. The molecule has 1 heterocycles. The monoisotopic (exact) mass is 311 g/mol. The van der Waals surface area contributed by atoms with Crippen LogP contribution in [0, 0.1) is 6.92 Å². The van der Waals surface area contributed by atoms with E-state index in [1.165, 1.54) is 6.92 Å². The zero-order valence-corrected chi connectivity index (χ0v) is 13.5. The minimum atomic E-state index is -0.104. The average Bonchev–Trinajstić information content (AvgIpc) is 2.52. The fraction of sp³-hybridized carbons (Fsp3) is 0.278. The molecule has 2 rings (SSSR count). The Morgan fingerprint density at radius 1 is 1.22 bits per heavy atom. The van der Waals surface area contributed by atoms with Crippen LogP contribution in [0.15, 0.2) is 48.8 Å². The van der Waals surface area contributed by atoms with Gasteiger partial charge >= 0.3 is 0 Å². The largest absolute Gasteiger partial charge is 0.338 e. The van der Waals surface area contributed by atoms with E-state index in [2.05, 4.69) is 10.3 Å². The molecular weight excluding hydrogens is 290 g/mol. The molecular formula is C18H21N3O2. The molecule has 0 spiro atoms. The summed E-state index contributed by atoms with van der Waals surface area (Å²) in [5, 5.41) is 2.85. The Morgan fingerprint density at radius 3 is 2.70 bits per heavy atom. The maximum absolute atomic E-state index is 12.0. The second kappa shape index (κ2) is 8.08. The number of carbonyl (C=O) groups is 2. The van der Waals surface area contributed by atoms with Crippen LogP contribution in [0.2, 0.25) is 0 Å². The average molecular weight is 311 g/mol. The van der Waals surface area contributed by atoms with Crippen molar-refractivity contribution < 1.29 is 9.59 Å². The van der Waals surface area contributed by atoms with Gasteiger partial charge in [0.05, 0.1) is 0 Å². The molecule has 0 aliphatic rings. The summed E-state index contributed by atoms with van der Waals surface area (Å²) >= 11 is 0. The van der Waals surface area contributed by atoms with Crippen molar-refractivity contribution >= 4 is 17.5 Å². The van der Waals surface area contributed by atoms with E-state index in [4.69, 9.17) is 0 Å². The van der Waals surface area contributed by atoms with Gasteiger partial charge in [0.1, 0.15) is 0 Å². The molecule has 0 saturated carbocycles. The molecule has 0 bridgehead atoms. The third-order valence-corrected chi connectivity index (χ3v) is 3.45. The van der Waals surface area contributed by atoms with Gasteiger partial charge in [-0.15, -0.1) is 0 Å². The molecule has 5 heteroatoms. The van der Waals surface area contributed by atoms with Crippen molar-refractivity contribution in [3.63, 3.8) is 0 Å². The van der Waals surface area contributed by atoms with Crippen molar-refractivity contribution in [2.45, 2.75) is 26.8 Å². The highest BCUT2D eigenvalue weighted by atomic mass is 16.2. The lowest BCUT2D eigenvalue weighted by Gasteiger charge is -2.20. The molecule has 23 heavy (non-hydrogen) atoms. The zero-order chi connectivity index (χ0) is 16.7. The molecule has 0 atom stereocenters. The third kappa shape index (κ3) is 5.54. The van der Waals surface area contributed by atoms with Crippen LogP contribution in [0.1, 0.15) is 24.5 Å². The Morgan fingerprint density at radius 2 is 2.04 bits per heavy atom. The lowest BCUT2D eigenvalue weighted by molar-refractivity contribution is -0.129. The first-order chi connectivity index (χ1) is 11.0. The molecule has 120 valence electrons. The molecule has 1 N–H and O–H groups in total. The quantitative estimate of drug-likeness (QED) is 0.892. The Kier molecular flexibility index (Phi) is 5.86. The van der Waals surface area contributed by atoms with Gasteiger partial charge in [-0.3, -0.25) is 14.6 Å². The zero-order valence-electron chi connectivity index (χ0n) is 13.5. The number of anilines is 1. The van der Waals surface area contributed by atoms with Gasteiger partial charge in [0.2, 0.25) is 11.8 Å². The fourth-order valence-corrected chi connectivity index (χ4v) is 2.24. The predicted octanol–water partition coefficient (Wildman–Crippen LogP) is 2.77. The molecule has 0 saturated heterocycles. The van der Waals surface area contributed by atoms with E-state index >= 15 is 0 Å². The Labute approximate surface area is 136 Å². The Hall–Kier alpha value is -2.69. The standard InChI is InChI=1S/C18H21N3O2/c1-14-5-3-7-17(11-14)20-18(23)8-10-21(15(2)22)13-16-6-4-9-19-12-16/h3-7,9,11-12H,8,10,13H2,1-2H3,(H,20,23). The number of rotatable bonds is 6. The third-order valence-electron chi connectivity index (χ3n) is 3.45. The number of benzene rings is 1. The summed E-state index contributed by atoms with van der Waals surface area (Å²) in [6.07, 6.45) is 3.67. The summed E-state index contributed by atoms with van der Waals surface area (Å²) in [4.78, 5) is 29.5. The molecule has 5 nitrogen and oxygen atoms in total. The maximum atomic E-state index is 12.0. The van der Waals surface area contributed by atoms with Crippen LogP contribution in [0.25, 0.3) is 0 Å². The molecule has 0 radical (unpaired) electrons. The SMILES string of the molecule is CC(=O)N(CCC(=O)Nc1cccc(C)c1)Cc1cccnc1. The normalized spacial score (nSPS) is 10.2. The van der Waals surface area contributed by atoms with E-state index in [9.17, 15) is 9.59 Å². The van der Waals surface area contributed by atoms with E-state index in [0.29, 0.717) is 13.1 Å². The number of amides is 2.